The number of aryl methyl sites for hydroxylation is 1. The van der Waals surface area contributed by atoms with Crippen LogP contribution in [-0.4, -0.2) is 84.8 Å². The van der Waals surface area contributed by atoms with Gasteiger partial charge in [-0.3, -0.25) is 4.90 Å². The lowest BCUT2D eigenvalue weighted by molar-refractivity contribution is -0.132. The zero-order valence-electron chi connectivity index (χ0n) is 20.3. The maximum absolute atomic E-state index is 12.7. The minimum Gasteiger partial charge on any atom is -0.375 e. The monoisotopic (exact) mass is 442 g/mol. The number of carbonyl (C=O) groups is 1. The summed E-state index contributed by atoms with van der Waals surface area (Å²) in [6.45, 7) is 15.7. The number of likely N-dealkylation sites (tertiary alicyclic amines) is 1. The minimum atomic E-state index is -0.0360. The van der Waals surface area contributed by atoms with Gasteiger partial charge >= 0.3 is 6.03 Å². The van der Waals surface area contributed by atoms with Gasteiger partial charge in [0.2, 0.25) is 0 Å². The van der Waals surface area contributed by atoms with Crippen LogP contribution in [0, 0.1) is 12.8 Å². The highest BCUT2D eigenvalue weighted by Gasteiger charge is 2.42. The Hall–Kier alpha value is -1.63. The summed E-state index contributed by atoms with van der Waals surface area (Å²) in [6, 6.07) is 9.03. The Balaban J connectivity index is 1.23. The van der Waals surface area contributed by atoms with E-state index in [0.717, 1.165) is 56.9 Å². The lowest BCUT2D eigenvalue weighted by Gasteiger charge is -2.49. The van der Waals surface area contributed by atoms with Crippen molar-refractivity contribution < 1.29 is 9.53 Å². The maximum atomic E-state index is 12.7. The number of piperazine rings is 1. The van der Waals surface area contributed by atoms with E-state index in [2.05, 4.69) is 60.2 Å². The Bertz CT molecular complexity index is 735. The summed E-state index contributed by atoms with van der Waals surface area (Å²) in [5.41, 5.74) is 2.35. The van der Waals surface area contributed by atoms with Crippen molar-refractivity contribution in [2.75, 3.05) is 52.4 Å². The second kappa shape index (κ2) is 10.5. The third-order valence-electron chi connectivity index (χ3n) is 7.54. The summed E-state index contributed by atoms with van der Waals surface area (Å²) in [7, 11) is 0. The van der Waals surface area contributed by atoms with Crippen LogP contribution in [0.25, 0.3) is 0 Å². The van der Waals surface area contributed by atoms with Crippen molar-refractivity contribution in [3.63, 3.8) is 0 Å². The summed E-state index contributed by atoms with van der Waals surface area (Å²) >= 11 is 0. The van der Waals surface area contributed by atoms with E-state index in [-0.39, 0.29) is 11.6 Å². The highest BCUT2D eigenvalue weighted by molar-refractivity contribution is 5.74. The molecule has 3 aliphatic heterocycles. The summed E-state index contributed by atoms with van der Waals surface area (Å²) in [6.07, 6.45) is 4.17. The molecule has 2 amide bonds. The van der Waals surface area contributed by atoms with Crippen molar-refractivity contribution in [2.45, 2.75) is 64.6 Å². The van der Waals surface area contributed by atoms with E-state index >= 15 is 0 Å². The fourth-order valence-corrected chi connectivity index (χ4v) is 5.60. The van der Waals surface area contributed by atoms with Gasteiger partial charge in [-0.15, -0.1) is 0 Å². The van der Waals surface area contributed by atoms with E-state index in [1.54, 1.807) is 0 Å². The van der Waals surface area contributed by atoms with Crippen molar-refractivity contribution in [1.29, 1.82) is 0 Å². The first-order chi connectivity index (χ1) is 15.4. The van der Waals surface area contributed by atoms with Crippen LogP contribution in [0.2, 0.25) is 0 Å². The van der Waals surface area contributed by atoms with Gasteiger partial charge in [0, 0.05) is 65.0 Å². The smallest absolute Gasteiger partial charge is 0.317 e. The lowest BCUT2D eigenvalue weighted by Crippen LogP contribution is -2.58. The largest absolute Gasteiger partial charge is 0.375 e. The molecule has 3 fully saturated rings. The van der Waals surface area contributed by atoms with Gasteiger partial charge in [-0.2, -0.15) is 0 Å². The van der Waals surface area contributed by atoms with Gasteiger partial charge in [-0.05, 0) is 44.1 Å². The van der Waals surface area contributed by atoms with Crippen molar-refractivity contribution in [2.24, 2.45) is 5.92 Å². The van der Waals surface area contributed by atoms with Gasteiger partial charge in [0.15, 0.2) is 0 Å². The van der Waals surface area contributed by atoms with E-state index in [1.165, 1.54) is 38.3 Å². The number of benzene rings is 1. The van der Waals surface area contributed by atoms with Crippen molar-refractivity contribution >= 4 is 6.03 Å². The predicted molar refractivity (Wildman–Crippen MR) is 129 cm³/mol. The molecule has 1 aromatic rings. The average molecular weight is 443 g/mol. The molecule has 0 aromatic heterocycles. The topological polar surface area (TPSA) is 48.1 Å². The molecule has 0 bridgehead atoms. The van der Waals surface area contributed by atoms with Gasteiger partial charge in [0.05, 0.1) is 5.60 Å². The molecule has 1 N–H and O–H groups in total. The molecule has 6 heteroatoms. The molecule has 1 atom stereocenters. The number of hydrogen-bond donors (Lipinski definition) is 1. The Morgan fingerprint density at radius 2 is 1.78 bits per heavy atom. The highest BCUT2D eigenvalue weighted by atomic mass is 16.5. The van der Waals surface area contributed by atoms with Crippen LogP contribution in [0.3, 0.4) is 0 Å². The van der Waals surface area contributed by atoms with E-state index in [1.807, 2.05) is 4.90 Å². The molecular formula is C26H42N4O2. The second-order valence-corrected chi connectivity index (χ2v) is 10.5. The van der Waals surface area contributed by atoms with E-state index in [4.69, 9.17) is 4.74 Å². The molecule has 6 nitrogen and oxygen atoms in total. The number of rotatable bonds is 5. The van der Waals surface area contributed by atoms with Gasteiger partial charge < -0.3 is 19.9 Å². The zero-order chi connectivity index (χ0) is 22.6. The SMILES string of the molecule is Cc1ccc(CNC(=O)N2CCC3(CC2)C[C@@H](N2CCN(CC(C)C)CC2)CCO3)cc1. The van der Waals surface area contributed by atoms with Crippen molar-refractivity contribution in [3.05, 3.63) is 35.4 Å². The summed E-state index contributed by atoms with van der Waals surface area (Å²) in [4.78, 5) is 20.0. The van der Waals surface area contributed by atoms with Gasteiger partial charge in [-0.25, -0.2) is 4.79 Å². The van der Waals surface area contributed by atoms with E-state index < -0.39 is 0 Å². The number of nitrogens with zero attached hydrogens (tertiary/aromatic N) is 3. The van der Waals surface area contributed by atoms with E-state index in [9.17, 15) is 4.79 Å². The molecule has 3 aliphatic rings. The summed E-state index contributed by atoms with van der Waals surface area (Å²) in [5.74, 6) is 0.743. The maximum Gasteiger partial charge on any atom is 0.317 e. The standard InChI is InChI=1S/C26H42N4O2/c1-21(2)20-28-13-15-29(16-14-28)24-8-17-32-26(18-24)9-11-30(12-10-26)25(31)27-19-23-6-4-22(3)5-7-23/h4-7,21,24H,8-20H2,1-3H3,(H,27,31)/t24-/m0/s1. The molecule has 1 aromatic carbocycles. The normalized spacial score (nSPS) is 24.8. The lowest BCUT2D eigenvalue weighted by atomic mass is 9.81. The number of urea groups is 1. The molecule has 0 aliphatic carbocycles. The molecular weight excluding hydrogens is 400 g/mol. The molecule has 0 unspecified atom stereocenters. The van der Waals surface area contributed by atoms with E-state index in [0.29, 0.717) is 12.6 Å². The number of amides is 2. The highest BCUT2D eigenvalue weighted by Crippen LogP contribution is 2.37. The average Bonchev–Trinajstić information content (AvgIpc) is 2.79. The molecule has 1 spiro atoms. The van der Waals surface area contributed by atoms with Gasteiger partial charge in [0.25, 0.3) is 0 Å². The Kier molecular flexibility index (Phi) is 7.74. The summed E-state index contributed by atoms with van der Waals surface area (Å²) < 4.78 is 6.37. The molecule has 32 heavy (non-hydrogen) atoms. The van der Waals surface area contributed by atoms with Crippen LogP contribution in [0.1, 0.15) is 50.7 Å². The minimum absolute atomic E-state index is 0.0360. The zero-order valence-corrected chi connectivity index (χ0v) is 20.3. The second-order valence-electron chi connectivity index (χ2n) is 10.5. The molecule has 3 heterocycles. The third kappa shape index (κ3) is 6.03. The number of piperidine rings is 1. The Labute approximate surface area is 194 Å². The summed E-state index contributed by atoms with van der Waals surface area (Å²) in [5, 5.41) is 3.09. The predicted octanol–water partition coefficient (Wildman–Crippen LogP) is 3.49. The van der Waals surface area contributed by atoms with Gasteiger partial charge in [-0.1, -0.05) is 43.7 Å². The first-order valence-electron chi connectivity index (χ1n) is 12.6. The van der Waals surface area contributed by atoms with Crippen LogP contribution in [-0.2, 0) is 11.3 Å². The van der Waals surface area contributed by atoms with Crippen LogP contribution in [0.4, 0.5) is 4.79 Å². The molecule has 0 saturated carbocycles. The molecule has 178 valence electrons. The number of carbonyl (C=O) groups excluding carboxylic acids is 1. The van der Waals surface area contributed by atoms with Gasteiger partial charge in [0.1, 0.15) is 0 Å². The van der Waals surface area contributed by atoms with Crippen LogP contribution in [0.15, 0.2) is 24.3 Å². The first kappa shape index (κ1) is 23.5. The van der Waals surface area contributed by atoms with Crippen LogP contribution >= 0.6 is 0 Å². The molecule has 4 rings (SSSR count). The first-order valence-corrected chi connectivity index (χ1v) is 12.6. The van der Waals surface area contributed by atoms with Crippen LogP contribution in [0.5, 0.6) is 0 Å². The van der Waals surface area contributed by atoms with Crippen molar-refractivity contribution in [1.82, 2.24) is 20.0 Å². The van der Waals surface area contributed by atoms with Crippen LogP contribution < -0.4 is 5.32 Å². The molecule has 3 saturated heterocycles. The fourth-order valence-electron chi connectivity index (χ4n) is 5.60. The quantitative estimate of drug-likeness (QED) is 0.758. The van der Waals surface area contributed by atoms with Crippen molar-refractivity contribution in [3.8, 4) is 0 Å². The Morgan fingerprint density at radius 1 is 1.09 bits per heavy atom. The number of nitrogens with one attached hydrogen (secondary N) is 1. The molecule has 0 radical (unpaired) electrons. The Morgan fingerprint density at radius 3 is 2.44 bits per heavy atom. The fraction of sp³-hybridized carbons (Fsp3) is 0.731. The third-order valence-corrected chi connectivity index (χ3v) is 7.54. The number of hydrogen-bond acceptors (Lipinski definition) is 4. The number of ether oxygens (including phenoxy) is 1.